The van der Waals surface area contributed by atoms with Crippen LogP contribution in [0.4, 0.5) is 0 Å². The highest BCUT2D eigenvalue weighted by Gasteiger charge is 2.33. The molecule has 2 N–H and O–H groups in total. The fourth-order valence-electron chi connectivity index (χ4n) is 1.63. The summed E-state index contributed by atoms with van der Waals surface area (Å²) < 4.78 is 0. The van der Waals surface area contributed by atoms with Crippen molar-refractivity contribution in [2.24, 2.45) is 5.73 Å². The van der Waals surface area contributed by atoms with Crippen molar-refractivity contribution >= 4 is 0 Å². The van der Waals surface area contributed by atoms with E-state index in [0.717, 1.165) is 18.7 Å². The molecule has 11 heavy (non-hydrogen) atoms. The highest BCUT2D eigenvalue weighted by Crippen LogP contribution is 2.29. The van der Waals surface area contributed by atoms with Crippen LogP contribution in [0.1, 0.15) is 20.3 Å². The second-order valence-corrected chi connectivity index (χ2v) is 3.61. The third-order valence-corrected chi connectivity index (χ3v) is 2.07. The van der Waals surface area contributed by atoms with Crippen molar-refractivity contribution in [3.05, 3.63) is 24.4 Å². The van der Waals surface area contributed by atoms with Crippen molar-refractivity contribution in [2.45, 2.75) is 25.9 Å². The molecule has 2 nitrogen and oxygen atoms in total. The van der Waals surface area contributed by atoms with Crippen LogP contribution in [0.3, 0.4) is 0 Å². The fraction of sp³-hybridized carbons (Fsp3) is 0.556. The van der Waals surface area contributed by atoms with Crippen LogP contribution < -0.4 is 5.73 Å². The predicted molar refractivity (Wildman–Crippen MR) is 47.9 cm³/mol. The highest BCUT2D eigenvalue weighted by atomic mass is 15.3. The monoisotopic (exact) mass is 152 g/mol. The molecule has 1 fully saturated rings. The summed E-state index contributed by atoms with van der Waals surface area (Å²) in [5.74, 6) is 0. The van der Waals surface area contributed by atoms with E-state index < -0.39 is 0 Å². The maximum atomic E-state index is 6.02. The van der Waals surface area contributed by atoms with Gasteiger partial charge in [-0.15, -0.1) is 0 Å². The van der Waals surface area contributed by atoms with Gasteiger partial charge in [-0.2, -0.15) is 0 Å². The molecule has 0 radical (unpaired) electrons. The normalized spacial score (nSPS) is 31.2. The van der Waals surface area contributed by atoms with Gasteiger partial charge in [-0.25, -0.2) is 0 Å². The Morgan fingerprint density at radius 1 is 1.73 bits per heavy atom. The Bertz CT molecular complexity index is 204. The van der Waals surface area contributed by atoms with Crippen molar-refractivity contribution in [1.82, 2.24) is 4.90 Å². The molecule has 0 bridgehead atoms. The Hall–Kier alpha value is -0.760. The van der Waals surface area contributed by atoms with Gasteiger partial charge in [0.25, 0.3) is 0 Å². The van der Waals surface area contributed by atoms with Crippen molar-refractivity contribution < 1.29 is 0 Å². The zero-order chi connectivity index (χ0) is 8.65. The Morgan fingerprint density at radius 2 is 2.27 bits per heavy atom. The van der Waals surface area contributed by atoms with Crippen molar-refractivity contribution in [2.75, 3.05) is 6.54 Å². The van der Waals surface area contributed by atoms with Crippen LogP contribution in [-0.4, -0.2) is 17.1 Å². The summed E-state index contributed by atoms with van der Waals surface area (Å²) in [6.07, 6.45) is 0.875. The molecule has 0 aromatic carbocycles. The van der Waals surface area contributed by atoms with E-state index in [1.54, 1.807) is 0 Å². The first-order chi connectivity index (χ1) is 4.93. The van der Waals surface area contributed by atoms with Gasteiger partial charge in [-0.1, -0.05) is 18.7 Å². The van der Waals surface area contributed by atoms with E-state index in [9.17, 15) is 0 Å². The standard InChI is InChI=1S/C9H16N2/c1-7(2)11-6-8(3)5-9(11,4)10/h1,3,5-6,10H2,2,4H3. The molecule has 1 atom stereocenters. The molecule has 1 rings (SSSR count). The van der Waals surface area contributed by atoms with E-state index in [1.165, 1.54) is 5.57 Å². The summed E-state index contributed by atoms with van der Waals surface area (Å²) in [6, 6.07) is 0. The quantitative estimate of drug-likeness (QED) is 0.576. The van der Waals surface area contributed by atoms with Crippen molar-refractivity contribution in [3.63, 3.8) is 0 Å². The Labute approximate surface area is 68.4 Å². The summed E-state index contributed by atoms with van der Waals surface area (Å²) in [5, 5.41) is 0. The smallest absolute Gasteiger partial charge is 0.0892 e. The SMILES string of the molecule is C=C1CN(C(=C)C)C(C)(N)C1. The minimum absolute atomic E-state index is 0.261. The second kappa shape index (κ2) is 2.38. The molecule has 1 heterocycles. The zero-order valence-electron chi connectivity index (χ0n) is 7.35. The van der Waals surface area contributed by atoms with Gasteiger partial charge in [-0.05, 0) is 13.8 Å². The van der Waals surface area contributed by atoms with Gasteiger partial charge in [0.2, 0.25) is 0 Å². The third kappa shape index (κ3) is 1.46. The van der Waals surface area contributed by atoms with Crippen molar-refractivity contribution in [3.8, 4) is 0 Å². The summed E-state index contributed by atoms with van der Waals surface area (Å²) in [6.45, 7) is 12.6. The maximum absolute atomic E-state index is 6.02. The van der Waals surface area contributed by atoms with Crippen molar-refractivity contribution in [1.29, 1.82) is 0 Å². The fourth-order valence-corrected chi connectivity index (χ4v) is 1.63. The Kier molecular flexibility index (Phi) is 1.80. The molecule has 1 saturated heterocycles. The van der Waals surface area contributed by atoms with Gasteiger partial charge in [0, 0.05) is 18.7 Å². The molecular formula is C9H16N2. The Balaban J connectivity index is 2.82. The van der Waals surface area contributed by atoms with E-state index in [2.05, 4.69) is 18.1 Å². The zero-order valence-corrected chi connectivity index (χ0v) is 7.35. The van der Waals surface area contributed by atoms with Gasteiger partial charge in [0.1, 0.15) is 0 Å². The first kappa shape index (κ1) is 8.34. The molecule has 0 aromatic heterocycles. The number of nitrogens with zero attached hydrogens (tertiary/aromatic N) is 1. The molecule has 0 aromatic rings. The molecule has 1 aliphatic heterocycles. The number of nitrogens with two attached hydrogens (primary N) is 1. The molecule has 0 amide bonds. The summed E-state index contributed by atoms with van der Waals surface area (Å²) in [5.41, 5.74) is 7.97. The lowest BCUT2D eigenvalue weighted by molar-refractivity contribution is 0.214. The van der Waals surface area contributed by atoms with Gasteiger partial charge in [0.05, 0.1) is 5.66 Å². The summed E-state index contributed by atoms with van der Waals surface area (Å²) >= 11 is 0. The average Bonchev–Trinajstić information content (AvgIpc) is 2.04. The first-order valence-electron chi connectivity index (χ1n) is 3.82. The number of allylic oxidation sites excluding steroid dienone is 1. The van der Waals surface area contributed by atoms with Gasteiger partial charge >= 0.3 is 0 Å². The first-order valence-corrected chi connectivity index (χ1v) is 3.82. The molecular weight excluding hydrogens is 136 g/mol. The second-order valence-electron chi connectivity index (χ2n) is 3.61. The lowest BCUT2D eigenvalue weighted by Gasteiger charge is -2.32. The lowest BCUT2D eigenvalue weighted by atomic mass is 10.1. The van der Waals surface area contributed by atoms with Crippen LogP contribution in [0.2, 0.25) is 0 Å². The van der Waals surface area contributed by atoms with Crippen LogP contribution >= 0.6 is 0 Å². The van der Waals surface area contributed by atoms with Crippen LogP contribution in [0.15, 0.2) is 24.4 Å². The third-order valence-electron chi connectivity index (χ3n) is 2.07. The molecule has 0 aliphatic carbocycles. The molecule has 0 saturated carbocycles. The molecule has 1 aliphatic rings. The minimum atomic E-state index is -0.261. The van der Waals surface area contributed by atoms with Crippen LogP contribution in [0.25, 0.3) is 0 Å². The maximum Gasteiger partial charge on any atom is 0.0892 e. The van der Waals surface area contributed by atoms with E-state index in [4.69, 9.17) is 5.73 Å². The Morgan fingerprint density at radius 3 is 2.45 bits per heavy atom. The molecule has 0 spiro atoms. The summed E-state index contributed by atoms with van der Waals surface area (Å²) in [4.78, 5) is 2.09. The number of likely N-dealkylation sites (tertiary alicyclic amines) is 1. The number of hydrogen-bond acceptors (Lipinski definition) is 2. The molecule has 2 heteroatoms. The van der Waals surface area contributed by atoms with Crippen LogP contribution in [0.5, 0.6) is 0 Å². The lowest BCUT2D eigenvalue weighted by Crippen LogP contribution is -2.47. The van der Waals surface area contributed by atoms with E-state index in [0.29, 0.717) is 0 Å². The minimum Gasteiger partial charge on any atom is -0.354 e. The van der Waals surface area contributed by atoms with E-state index >= 15 is 0 Å². The molecule has 1 unspecified atom stereocenters. The van der Waals surface area contributed by atoms with Crippen LogP contribution in [0, 0.1) is 0 Å². The van der Waals surface area contributed by atoms with E-state index in [1.807, 2.05) is 13.8 Å². The average molecular weight is 152 g/mol. The molecule has 62 valence electrons. The van der Waals surface area contributed by atoms with Gasteiger partial charge in [-0.3, -0.25) is 0 Å². The van der Waals surface area contributed by atoms with Gasteiger partial charge in [0.15, 0.2) is 0 Å². The highest BCUT2D eigenvalue weighted by molar-refractivity contribution is 5.16. The largest absolute Gasteiger partial charge is 0.354 e. The number of rotatable bonds is 1. The van der Waals surface area contributed by atoms with Gasteiger partial charge < -0.3 is 10.6 Å². The van der Waals surface area contributed by atoms with E-state index in [-0.39, 0.29) is 5.66 Å². The predicted octanol–water partition coefficient (Wildman–Crippen LogP) is 1.46. The number of hydrogen-bond donors (Lipinski definition) is 1. The topological polar surface area (TPSA) is 29.3 Å². The summed E-state index contributed by atoms with van der Waals surface area (Å²) in [7, 11) is 0. The van der Waals surface area contributed by atoms with Crippen LogP contribution in [-0.2, 0) is 0 Å².